The first-order chi connectivity index (χ1) is 12.0. The topological polar surface area (TPSA) is 64.6 Å². The second-order valence-corrected chi connectivity index (χ2v) is 6.55. The lowest BCUT2D eigenvalue weighted by atomic mass is 10.1. The third kappa shape index (κ3) is 4.22. The molecule has 5 nitrogen and oxygen atoms in total. The molecule has 1 N–H and O–H groups in total. The summed E-state index contributed by atoms with van der Waals surface area (Å²) < 4.78 is 11.2. The molecule has 0 aliphatic carbocycles. The van der Waals surface area contributed by atoms with E-state index in [0.717, 1.165) is 22.9 Å². The predicted molar refractivity (Wildman–Crippen MR) is 97.6 cm³/mol. The average Bonchev–Trinajstić information content (AvgIpc) is 2.91. The minimum absolute atomic E-state index is 0.360. The molecule has 2 amide bonds. The van der Waals surface area contributed by atoms with Crippen LogP contribution in [0.4, 0.5) is 4.79 Å². The molecule has 1 aliphatic heterocycles. The molecular weight excluding hydrogens is 338 g/mol. The second kappa shape index (κ2) is 7.44. The molecule has 0 unspecified atom stereocenters. The number of benzene rings is 2. The summed E-state index contributed by atoms with van der Waals surface area (Å²) in [4.78, 5) is 23.2. The fourth-order valence-corrected chi connectivity index (χ4v) is 3.11. The predicted octanol–water partition coefficient (Wildman–Crippen LogP) is 3.91. The second-order valence-electron chi connectivity index (χ2n) is 5.54. The Morgan fingerprint density at radius 2 is 1.96 bits per heavy atom. The van der Waals surface area contributed by atoms with Crippen LogP contribution < -0.4 is 14.8 Å². The van der Waals surface area contributed by atoms with Crippen LogP contribution in [-0.2, 0) is 11.4 Å². The molecular formula is C19H17NO4S. The summed E-state index contributed by atoms with van der Waals surface area (Å²) in [5.74, 6) is 0.802. The first-order valence-electron chi connectivity index (χ1n) is 7.66. The van der Waals surface area contributed by atoms with Gasteiger partial charge in [0.1, 0.15) is 6.61 Å². The van der Waals surface area contributed by atoms with E-state index < -0.39 is 0 Å². The molecule has 1 heterocycles. The highest BCUT2D eigenvalue weighted by Gasteiger charge is 2.25. The molecule has 0 bridgehead atoms. The molecule has 3 rings (SSSR count). The summed E-state index contributed by atoms with van der Waals surface area (Å²) in [5.41, 5.74) is 3.01. The van der Waals surface area contributed by atoms with Crippen molar-refractivity contribution in [2.75, 3.05) is 7.11 Å². The molecule has 128 valence electrons. The lowest BCUT2D eigenvalue weighted by Crippen LogP contribution is -2.17. The maximum atomic E-state index is 11.6. The van der Waals surface area contributed by atoms with Crippen LogP contribution >= 0.6 is 11.8 Å². The number of hydrogen-bond donors (Lipinski definition) is 1. The van der Waals surface area contributed by atoms with Crippen LogP contribution in [0.1, 0.15) is 16.7 Å². The smallest absolute Gasteiger partial charge is 0.290 e. The minimum atomic E-state index is -0.381. The van der Waals surface area contributed by atoms with Crippen molar-refractivity contribution in [1.29, 1.82) is 0 Å². The van der Waals surface area contributed by atoms with E-state index in [2.05, 4.69) is 11.4 Å². The molecule has 2 aromatic rings. The zero-order chi connectivity index (χ0) is 17.8. The Hall–Kier alpha value is -2.73. The zero-order valence-corrected chi connectivity index (χ0v) is 14.7. The van der Waals surface area contributed by atoms with Crippen LogP contribution in [0, 0.1) is 6.92 Å². The number of nitrogens with one attached hydrogen (secondary N) is 1. The van der Waals surface area contributed by atoms with Crippen molar-refractivity contribution in [3.05, 3.63) is 64.1 Å². The van der Waals surface area contributed by atoms with E-state index in [1.807, 2.05) is 31.2 Å². The van der Waals surface area contributed by atoms with E-state index in [9.17, 15) is 9.59 Å². The van der Waals surface area contributed by atoms with Gasteiger partial charge in [-0.25, -0.2) is 0 Å². The highest BCUT2D eigenvalue weighted by Crippen LogP contribution is 2.32. The Kier molecular flexibility index (Phi) is 5.09. The van der Waals surface area contributed by atoms with Gasteiger partial charge < -0.3 is 9.47 Å². The maximum Gasteiger partial charge on any atom is 0.290 e. The summed E-state index contributed by atoms with van der Waals surface area (Å²) in [6, 6.07) is 13.5. The lowest BCUT2D eigenvalue weighted by Gasteiger charge is -2.12. The van der Waals surface area contributed by atoms with Crippen LogP contribution in [-0.4, -0.2) is 18.3 Å². The van der Waals surface area contributed by atoms with Gasteiger partial charge >= 0.3 is 0 Å². The molecule has 2 aromatic carbocycles. The van der Waals surface area contributed by atoms with Gasteiger partial charge in [-0.05, 0) is 48.0 Å². The fraction of sp³-hybridized carbons (Fsp3) is 0.158. The van der Waals surface area contributed by atoms with Gasteiger partial charge in [0.25, 0.3) is 11.1 Å². The van der Waals surface area contributed by atoms with Gasteiger partial charge in [0.2, 0.25) is 0 Å². The molecule has 25 heavy (non-hydrogen) atoms. The SMILES string of the molecule is COc1cc(/C=C2\SC(=O)NC2=O)ccc1OCc1cccc(C)c1. The molecule has 0 radical (unpaired) electrons. The molecule has 1 saturated heterocycles. The molecule has 1 aliphatic rings. The van der Waals surface area contributed by atoms with E-state index in [4.69, 9.17) is 9.47 Å². The zero-order valence-electron chi connectivity index (χ0n) is 13.9. The summed E-state index contributed by atoms with van der Waals surface area (Å²) >= 11 is 0.884. The number of ether oxygens (including phenoxy) is 2. The summed E-state index contributed by atoms with van der Waals surface area (Å²) in [7, 11) is 1.56. The van der Waals surface area contributed by atoms with Gasteiger partial charge in [-0.2, -0.15) is 0 Å². The quantitative estimate of drug-likeness (QED) is 0.824. The highest BCUT2D eigenvalue weighted by atomic mass is 32.2. The molecule has 6 heteroatoms. The highest BCUT2D eigenvalue weighted by molar-refractivity contribution is 8.18. The fourth-order valence-electron chi connectivity index (χ4n) is 2.43. The van der Waals surface area contributed by atoms with Gasteiger partial charge in [0, 0.05) is 0 Å². The van der Waals surface area contributed by atoms with Gasteiger partial charge in [-0.3, -0.25) is 14.9 Å². The number of aryl methyl sites for hydroxylation is 1. The Balaban J connectivity index is 1.77. The van der Waals surface area contributed by atoms with Gasteiger partial charge in [-0.15, -0.1) is 0 Å². The number of carbonyl (C=O) groups excluding carboxylic acids is 2. The Labute approximate surface area is 150 Å². The van der Waals surface area contributed by atoms with E-state index in [-0.39, 0.29) is 11.1 Å². The van der Waals surface area contributed by atoms with Crippen LogP contribution in [0.5, 0.6) is 11.5 Å². The van der Waals surface area contributed by atoms with Crippen LogP contribution in [0.15, 0.2) is 47.4 Å². The van der Waals surface area contributed by atoms with Crippen molar-refractivity contribution < 1.29 is 19.1 Å². The molecule has 0 spiro atoms. The number of rotatable bonds is 5. The number of methoxy groups -OCH3 is 1. The first kappa shape index (κ1) is 17.1. The van der Waals surface area contributed by atoms with Crippen molar-refractivity contribution in [2.45, 2.75) is 13.5 Å². The van der Waals surface area contributed by atoms with E-state index in [1.54, 1.807) is 25.3 Å². The van der Waals surface area contributed by atoms with Crippen LogP contribution in [0.3, 0.4) is 0 Å². The van der Waals surface area contributed by atoms with Crippen LogP contribution in [0.2, 0.25) is 0 Å². The standard InChI is InChI=1S/C19H17NO4S/c1-12-4-3-5-14(8-12)11-24-15-7-6-13(9-16(15)23-2)10-17-18(21)20-19(22)25-17/h3-10H,11H2,1-2H3,(H,20,21,22)/b17-10-. The number of carbonyl (C=O) groups is 2. The third-order valence-corrected chi connectivity index (χ3v) is 4.41. The summed E-state index contributed by atoms with van der Waals surface area (Å²) in [5, 5.41) is 1.87. The molecule has 0 saturated carbocycles. The van der Waals surface area contributed by atoms with Crippen molar-refractivity contribution in [3.63, 3.8) is 0 Å². The van der Waals surface area contributed by atoms with Gasteiger partial charge in [0.15, 0.2) is 11.5 Å². The molecule has 1 fully saturated rings. The van der Waals surface area contributed by atoms with Crippen molar-refractivity contribution >= 4 is 29.0 Å². The monoisotopic (exact) mass is 355 g/mol. The maximum absolute atomic E-state index is 11.6. The molecule has 0 aromatic heterocycles. The largest absolute Gasteiger partial charge is 0.493 e. The Morgan fingerprint density at radius 1 is 1.12 bits per heavy atom. The van der Waals surface area contributed by atoms with Crippen LogP contribution in [0.25, 0.3) is 6.08 Å². The van der Waals surface area contributed by atoms with Crippen molar-refractivity contribution in [2.24, 2.45) is 0 Å². The number of imide groups is 1. The van der Waals surface area contributed by atoms with E-state index in [1.165, 1.54) is 5.56 Å². The number of amides is 2. The van der Waals surface area contributed by atoms with Gasteiger partial charge in [0.05, 0.1) is 12.0 Å². The normalized spacial score (nSPS) is 15.4. The van der Waals surface area contributed by atoms with Crippen molar-refractivity contribution in [3.8, 4) is 11.5 Å². The summed E-state index contributed by atoms with van der Waals surface area (Å²) in [6.07, 6.45) is 1.65. The minimum Gasteiger partial charge on any atom is -0.493 e. The van der Waals surface area contributed by atoms with Crippen molar-refractivity contribution in [1.82, 2.24) is 5.32 Å². The Morgan fingerprint density at radius 3 is 2.64 bits per heavy atom. The average molecular weight is 355 g/mol. The summed E-state index contributed by atoms with van der Waals surface area (Å²) in [6.45, 7) is 2.47. The first-order valence-corrected chi connectivity index (χ1v) is 8.48. The lowest BCUT2D eigenvalue weighted by molar-refractivity contribution is -0.115. The van der Waals surface area contributed by atoms with E-state index >= 15 is 0 Å². The van der Waals surface area contributed by atoms with Gasteiger partial charge in [-0.1, -0.05) is 35.9 Å². The Bertz CT molecular complexity index is 860. The number of thioether (sulfide) groups is 1. The van der Waals surface area contributed by atoms with E-state index in [0.29, 0.717) is 23.0 Å². The number of hydrogen-bond acceptors (Lipinski definition) is 5. The molecule has 0 atom stereocenters. The third-order valence-electron chi connectivity index (χ3n) is 3.60.